The second-order valence-corrected chi connectivity index (χ2v) is 19.7. The van der Waals surface area contributed by atoms with E-state index < -0.39 is 23.8 Å². The Morgan fingerprint density at radius 3 is 0.310 bits per heavy atom. The van der Waals surface area contributed by atoms with Gasteiger partial charge in [-0.05, 0) is 71.5 Å². The van der Waals surface area contributed by atoms with E-state index in [0.29, 0.717) is 0 Å². The molecule has 0 N–H and O–H groups in total. The van der Waals surface area contributed by atoms with Crippen molar-refractivity contribution in [2.75, 3.05) is 0 Å². The van der Waals surface area contributed by atoms with Crippen LogP contribution in [0.3, 0.4) is 0 Å². The Kier molecular flexibility index (Phi) is 17.1. The number of hydrogen-bond donors (Lipinski definition) is 0. The molecular formula is C54H45P3Ru+. The SMILES string of the molecule is [Ru+].c1ccc(P(c2ccccc2)c2ccccc2)cc1.c1ccc(P(c2ccccc2)c2ccccc2)cc1.c1ccc(P(c2ccccc2)c2ccccc2)cc1. The minimum atomic E-state index is -0.446. The van der Waals surface area contributed by atoms with E-state index in [1.54, 1.807) is 0 Å². The molecule has 4 heteroatoms. The Morgan fingerprint density at radius 1 is 0.138 bits per heavy atom. The van der Waals surface area contributed by atoms with E-state index in [9.17, 15) is 0 Å². The maximum Gasteiger partial charge on any atom is 1.00 e. The van der Waals surface area contributed by atoms with Crippen molar-refractivity contribution in [2.24, 2.45) is 0 Å². The minimum Gasteiger partial charge on any atom is -0.0622 e. The topological polar surface area (TPSA) is 0 Å². The van der Waals surface area contributed by atoms with Gasteiger partial charge in [0.1, 0.15) is 0 Å². The summed E-state index contributed by atoms with van der Waals surface area (Å²) in [6.07, 6.45) is 0. The van der Waals surface area contributed by atoms with Crippen molar-refractivity contribution in [1.82, 2.24) is 0 Å². The van der Waals surface area contributed by atoms with Gasteiger partial charge in [-0.1, -0.05) is 273 Å². The summed E-state index contributed by atoms with van der Waals surface area (Å²) >= 11 is 0. The van der Waals surface area contributed by atoms with Crippen molar-refractivity contribution >= 4 is 71.5 Å². The predicted molar refractivity (Wildman–Crippen MR) is 255 cm³/mol. The third kappa shape index (κ3) is 12.0. The van der Waals surface area contributed by atoms with Crippen LogP contribution in [0.25, 0.3) is 0 Å². The fourth-order valence-electron chi connectivity index (χ4n) is 6.54. The Balaban J connectivity index is 0.000000145. The predicted octanol–water partition coefficient (Wildman–Crippen LogP) is 10.3. The summed E-state index contributed by atoms with van der Waals surface area (Å²) in [5, 5.41) is 12.6. The van der Waals surface area contributed by atoms with Crippen LogP contribution < -0.4 is 47.7 Å². The largest absolute Gasteiger partial charge is 1.00 e. The molecular weight excluding hydrogens is 843 g/mol. The smallest absolute Gasteiger partial charge is 0.0622 e. The van der Waals surface area contributed by atoms with Crippen molar-refractivity contribution in [3.63, 3.8) is 0 Å². The van der Waals surface area contributed by atoms with E-state index >= 15 is 0 Å². The van der Waals surface area contributed by atoms with Gasteiger partial charge in [0.15, 0.2) is 0 Å². The molecule has 58 heavy (non-hydrogen) atoms. The van der Waals surface area contributed by atoms with Gasteiger partial charge in [0.25, 0.3) is 0 Å². The first kappa shape index (κ1) is 42.5. The molecule has 0 unspecified atom stereocenters. The second kappa shape index (κ2) is 23.3. The van der Waals surface area contributed by atoms with Crippen molar-refractivity contribution < 1.29 is 19.5 Å². The summed E-state index contributed by atoms with van der Waals surface area (Å²) in [6.45, 7) is 0. The average Bonchev–Trinajstić information content (AvgIpc) is 3.30. The van der Waals surface area contributed by atoms with Crippen LogP contribution in [0.1, 0.15) is 0 Å². The monoisotopic (exact) mass is 888 g/mol. The Hall–Kier alpha value is -5.11. The zero-order valence-corrected chi connectivity index (χ0v) is 36.6. The van der Waals surface area contributed by atoms with E-state index in [1.165, 1.54) is 47.7 Å². The maximum atomic E-state index is 2.23. The molecule has 0 aliphatic rings. The zero-order chi connectivity index (χ0) is 38.7. The van der Waals surface area contributed by atoms with Gasteiger partial charge in [-0.15, -0.1) is 0 Å². The second-order valence-electron chi connectivity index (χ2n) is 13.0. The molecule has 283 valence electrons. The van der Waals surface area contributed by atoms with Crippen LogP contribution in [-0.4, -0.2) is 0 Å². The molecule has 0 aliphatic carbocycles. The zero-order valence-electron chi connectivity index (χ0n) is 32.2. The molecule has 9 rings (SSSR count). The third-order valence-electron chi connectivity index (χ3n) is 9.13. The molecule has 9 aromatic rings. The van der Waals surface area contributed by atoms with E-state index in [4.69, 9.17) is 0 Å². The molecule has 0 saturated heterocycles. The molecule has 0 bridgehead atoms. The molecule has 0 spiro atoms. The molecule has 0 heterocycles. The van der Waals surface area contributed by atoms with Crippen LogP contribution in [0, 0.1) is 0 Å². The molecule has 0 aliphatic heterocycles. The molecule has 9 aromatic carbocycles. The minimum absolute atomic E-state index is 0. The van der Waals surface area contributed by atoms with Crippen LogP contribution in [0.4, 0.5) is 0 Å². The third-order valence-corrected chi connectivity index (χ3v) is 16.5. The van der Waals surface area contributed by atoms with Crippen LogP contribution in [-0.2, 0) is 19.5 Å². The molecule has 0 nitrogen and oxygen atoms in total. The number of hydrogen-bond acceptors (Lipinski definition) is 0. The summed E-state index contributed by atoms with van der Waals surface area (Å²) in [4.78, 5) is 0. The first-order valence-corrected chi connectivity index (χ1v) is 23.2. The normalized spacial score (nSPS) is 10.4. The Labute approximate surface area is 361 Å². The van der Waals surface area contributed by atoms with Crippen molar-refractivity contribution in [2.45, 2.75) is 0 Å². The van der Waals surface area contributed by atoms with E-state index in [1.807, 2.05) is 0 Å². The van der Waals surface area contributed by atoms with Gasteiger partial charge < -0.3 is 0 Å². The van der Waals surface area contributed by atoms with Crippen LogP contribution in [0.2, 0.25) is 0 Å². The summed E-state index contributed by atoms with van der Waals surface area (Å²) in [5.41, 5.74) is 0. The maximum absolute atomic E-state index is 2.23. The fourth-order valence-corrected chi connectivity index (χ4v) is 13.5. The van der Waals surface area contributed by atoms with E-state index in [-0.39, 0.29) is 19.5 Å². The first-order valence-electron chi connectivity index (χ1n) is 19.2. The van der Waals surface area contributed by atoms with E-state index in [2.05, 4.69) is 273 Å². The van der Waals surface area contributed by atoms with Crippen LogP contribution in [0.15, 0.2) is 273 Å². The van der Waals surface area contributed by atoms with Gasteiger partial charge >= 0.3 is 19.5 Å². The van der Waals surface area contributed by atoms with Gasteiger partial charge in [0, 0.05) is 0 Å². The summed E-state index contributed by atoms with van der Waals surface area (Å²) < 4.78 is 0. The van der Waals surface area contributed by atoms with Crippen molar-refractivity contribution in [3.05, 3.63) is 273 Å². The number of benzene rings is 9. The molecule has 0 aromatic heterocycles. The van der Waals surface area contributed by atoms with Crippen molar-refractivity contribution in [1.29, 1.82) is 0 Å². The quantitative estimate of drug-likeness (QED) is 0.100. The van der Waals surface area contributed by atoms with Gasteiger partial charge in [0.05, 0.1) is 0 Å². The molecule has 1 radical (unpaired) electrons. The average molecular weight is 888 g/mol. The van der Waals surface area contributed by atoms with Crippen LogP contribution in [0.5, 0.6) is 0 Å². The number of rotatable bonds is 9. The molecule has 0 saturated carbocycles. The van der Waals surface area contributed by atoms with Gasteiger partial charge in [0.2, 0.25) is 0 Å². The molecule has 0 atom stereocenters. The molecule has 0 amide bonds. The van der Waals surface area contributed by atoms with Gasteiger partial charge in [-0.3, -0.25) is 0 Å². The standard InChI is InChI=1S/3C18H15P.Ru/c3*1-4-10-16(11-5-1)19(17-12-6-2-7-13-17)18-14-8-3-9-15-18;/h3*1-15H;/q;;;+1. The first-order chi connectivity index (χ1) is 28.3. The van der Waals surface area contributed by atoms with E-state index in [0.717, 1.165) is 0 Å². The Bertz CT molecular complexity index is 1860. The van der Waals surface area contributed by atoms with Gasteiger partial charge in [-0.25, -0.2) is 0 Å². The van der Waals surface area contributed by atoms with Gasteiger partial charge in [-0.2, -0.15) is 0 Å². The summed E-state index contributed by atoms with van der Waals surface area (Å²) in [7, 11) is -1.34. The van der Waals surface area contributed by atoms with Crippen LogP contribution >= 0.6 is 23.8 Å². The fraction of sp³-hybridized carbons (Fsp3) is 0. The molecule has 0 fully saturated rings. The van der Waals surface area contributed by atoms with Crippen molar-refractivity contribution in [3.8, 4) is 0 Å². The summed E-state index contributed by atoms with van der Waals surface area (Å²) in [6, 6.07) is 97.0. The Morgan fingerprint density at radius 2 is 0.224 bits per heavy atom. The summed E-state index contributed by atoms with van der Waals surface area (Å²) in [5.74, 6) is 0.